The minimum absolute atomic E-state index is 0.0676. The number of ether oxygens (including phenoxy) is 1. The van der Waals surface area contributed by atoms with Crippen LogP contribution in [0, 0.1) is 5.92 Å². The highest BCUT2D eigenvalue weighted by atomic mass is 32.2. The summed E-state index contributed by atoms with van der Waals surface area (Å²) in [4.78, 5) is 19.9. The summed E-state index contributed by atoms with van der Waals surface area (Å²) in [5.74, 6) is 0.987. The Balaban J connectivity index is 1.20. The van der Waals surface area contributed by atoms with Gasteiger partial charge in [-0.3, -0.25) is 4.79 Å². The summed E-state index contributed by atoms with van der Waals surface area (Å²) < 4.78 is 34.5. The van der Waals surface area contributed by atoms with Crippen LogP contribution in [-0.2, 0) is 19.6 Å². The fourth-order valence-corrected chi connectivity index (χ4v) is 7.04. The summed E-state index contributed by atoms with van der Waals surface area (Å²) in [5.41, 5.74) is 1.86. The number of carbonyl (C=O) groups is 1. The quantitative estimate of drug-likeness (QED) is 0.648. The summed E-state index contributed by atoms with van der Waals surface area (Å²) >= 11 is 1.62. The predicted octanol–water partition coefficient (Wildman–Crippen LogP) is 3.04. The monoisotopic (exact) mass is 502 g/mol. The first-order valence-electron chi connectivity index (χ1n) is 11.8. The first kappa shape index (κ1) is 23.6. The van der Waals surface area contributed by atoms with E-state index in [0.29, 0.717) is 45.4 Å². The summed E-state index contributed by atoms with van der Waals surface area (Å²) in [6, 6.07) is 11.4. The number of pyridine rings is 1. The van der Waals surface area contributed by atoms with Gasteiger partial charge in [0.1, 0.15) is 9.92 Å². The Morgan fingerprint density at radius 1 is 1.18 bits per heavy atom. The van der Waals surface area contributed by atoms with Crippen molar-refractivity contribution in [3.05, 3.63) is 48.2 Å². The number of rotatable bonds is 5. The van der Waals surface area contributed by atoms with Crippen molar-refractivity contribution in [1.29, 1.82) is 0 Å². The Labute approximate surface area is 204 Å². The number of fused-ring (bicyclic) bond motifs is 1. The molecule has 3 heterocycles. The molecule has 1 aliphatic carbocycles. The third kappa shape index (κ3) is 5.10. The van der Waals surface area contributed by atoms with Crippen molar-refractivity contribution in [3.8, 4) is 0 Å². The lowest BCUT2D eigenvalue weighted by molar-refractivity contribution is -0.145. The number of morpholine rings is 1. The van der Waals surface area contributed by atoms with Crippen molar-refractivity contribution < 1.29 is 17.9 Å². The van der Waals surface area contributed by atoms with Crippen LogP contribution in [0.15, 0.2) is 52.5 Å². The fraction of sp³-hybridized carbons (Fsp3) is 0.500. The molecule has 1 saturated carbocycles. The fourth-order valence-electron chi connectivity index (χ4n) is 4.95. The van der Waals surface area contributed by atoms with E-state index in [9.17, 15) is 13.2 Å². The largest absolute Gasteiger partial charge is 0.382 e. The van der Waals surface area contributed by atoms with Crippen LogP contribution in [0.5, 0.6) is 0 Å². The number of sulfonamides is 1. The van der Waals surface area contributed by atoms with Crippen LogP contribution in [0.25, 0.3) is 0 Å². The molecule has 5 rings (SSSR count). The van der Waals surface area contributed by atoms with Gasteiger partial charge in [0, 0.05) is 37.0 Å². The molecule has 1 aromatic heterocycles. The average molecular weight is 503 g/mol. The van der Waals surface area contributed by atoms with E-state index >= 15 is 0 Å². The van der Waals surface area contributed by atoms with Crippen molar-refractivity contribution in [3.63, 3.8) is 0 Å². The molecule has 2 aliphatic heterocycles. The maximum Gasteiger partial charge on any atom is 0.242 e. The zero-order valence-corrected chi connectivity index (χ0v) is 20.6. The van der Waals surface area contributed by atoms with Crippen molar-refractivity contribution >= 4 is 33.4 Å². The molecule has 1 atom stereocenters. The minimum Gasteiger partial charge on any atom is -0.382 e. The molecule has 1 amide bonds. The van der Waals surface area contributed by atoms with Crippen LogP contribution >= 0.6 is 11.8 Å². The molecule has 10 heteroatoms. The standard InChI is InChI=1S/C24H30N4O4S2/c29-24(28-11-12-32-16-22(28)17-4-2-1-3-5-17)18-6-8-19(9-7-18)27-34(30,31)20-14-21-23(26-15-20)33-13-10-25-21/h1-5,14-15,18-19,22,25,27H,6-13,16H2. The van der Waals surface area contributed by atoms with Crippen molar-refractivity contribution in [2.45, 2.75) is 47.7 Å². The number of nitrogens with one attached hydrogen (secondary N) is 2. The van der Waals surface area contributed by atoms with E-state index in [0.717, 1.165) is 28.6 Å². The summed E-state index contributed by atoms with van der Waals surface area (Å²) in [6.07, 6.45) is 4.06. The van der Waals surface area contributed by atoms with Gasteiger partial charge < -0.3 is 15.0 Å². The molecule has 1 aromatic carbocycles. The molecular weight excluding hydrogens is 472 g/mol. The van der Waals surface area contributed by atoms with Crippen molar-refractivity contribution in [1.82, 2.24) is 14.6 Å². The average Bonchev–Trinajstić information content (AvgIpc) is 2.89. The normalized spacial score (nSPS) is 25.3. The third-order valence-corrected chi connectivity index (χ3v) is 9.28. The number of aromatic nitrogens is 1. The summed E-state index contributed by atoms with van der Waals surface area (Å²) in [7, 11) is -3.67. The molecule has 2 aromatic rings. The van der Waals surface area contributed by atoms with Gasteiger partial charge in [-0.25, -0.2) is 18.1 Å². The Morgan fingerprint density at radius 2 is 1.97 bits per heavy atom. The lowest BCUT2D eigenvalue weighted by Gasteiger charge is -2.39. The molecule has 3 aliphatic rings. The van der Waals surface area contributed by atoms with Gasteiger partial charge in [0.05, 0.1) is 24.9 Å². The van der Waals surface area contributed by atoms with Crippen LogP contribution in [0.3, 0.4) is 0 Å². The number of hydrogen-bond donors (Lipinski definition) is 2. The zero-order valence-electron chi connectivity index (χ0n) is 19.0. The second kappa shape index (κ2) is 10.2. The van der Waals surface area contributed by atoms with Gasteiger partial charge in [-0.1, -0.05) is 30.3 Å². The van der Waals surface area contributed by atoms with Gasteiger partial charge in [-0.05, 0) is 37.3 Å². The van der Waals surface area contributed by atoms with Crippen LogP contribution in [0.4, 0.5) is 5.69 Å². The topological polar surface area (TPSA) is 101 Å². The number of amides is 1. The van der Waals surface area contributed by atoms with Crippen LogP contribution in [0.2, 0.25) is 0 Å². The van der Waals surface area contributed by atoms with E-state index in [-0.39, 0.29) is 28.8 Å². The number of benzene rings is 1. The highest BCUT2D eigenvalue weighted by Gasteiger charge is 2.36. The molecule has 0 bridgehead atoms. The van der Waals surface area contributed by atoms with Gasteiger partial charge in [0.2, 0.25) is 15.9 Å². The van der Waals surface area contributed by atoms with Crippen molar-refractivity contribution in [2.24, 2.45) is 5.92 Å². The molecule has 2 fully saturated rings. The van der Waals surface area contributed by atoms with Gasteiger partial charge in [0.15, 0.2) is 0 Å². The number of thioether (sulfide) groups is 1. The number of hydrogen-bond acceptors (Lipinski definition) is 7. The maximum absolute atomic E-state index is 13.4. The Hall–Kier alpha value is -2.14. The van der Waals surface area contributed by atoms with E-state index in [1.54, 1.807) is 17.8 Å². The number of carbonyl (C=O) groups excluding carboxylic acids is 1. The zero-order chi connectivity index (χ0) is 23.5. The molecule has 0 spiro atoms. The first-order valence-corrected chi connectivity index (χ1v) is 14.3. The number of nitrogens with zero attached hydrogens (tertiary/aromatic N) is 2. The lowest BCUT2D eigenvalue weighted by Crippen LogP contribution is -2.47. The highest BCUT2D eigenvalue weighted by Crippen LogP contribution is 2.33. The van der Waals surface area contributed by atoms with E-state index in [4.69, 9.17) is 4.74 Å². The second-order valence-electron chi connectivity index (χ2n) is 9.00. The van der Waals surface area contributed by atoms with Crippen molar-refractivity contribution in [2.75, 3.05) is 37.4 Å². The lowest BCUT2D eigenvalue weighted by atomic mass is 9.85. The smallest absolute Gasteiger partial charge is 0.242 e. The maximum atomic E-state index is 13.4. The minimum atomic E-state index is -3.67. The van der Waals surface area contributed by atoms with E-state index < -0.39 is 10.0 Å². The molecule has 2 N–H and O–H groups in total. The molecular formula is C24H30N4O4S2. The molecule has 1 saturated heterocycles. The Bertz CT molecular complexity index is 1120. The van der Waals surface area contributed by atoms with E-state index in [2.05, 4.69) is 15.0 Å². The SMILES string of the molecule is O=C(C1CCC(NS(=O)(=O)c2cnc3c(c2)NCCS3)CC1)N1CCOCC1c1ccccc1. The number of anilines is 1. The summed E-state index contributed by atoms with van der Waals surface area (Å²) in [6.45, 7) is 2.44. The van der Waals surface area contributed by atoms with Gasteiger partial charge in [-0.2, -0.15) is 0 Å². The van der Waals surface area contributed by atoms with Crippen LogP contribution in [0.1, 0.15) is 37.3 Å². The highest BCUT2D eigenvalue weighted by molar-refractivity contribution is 7.99. The van der Waals surface area contributed by atoms with Gasteiger partial charge in [-0.15, -0.1) is 11.8 Å². The molecule has 34 heavy (non-hydrogen) atoms. The third-order valence-electron chi connectivity index (χ3n) is 6.79. The van der Waals surface area contributed by atoms with Gasteiger partial charge >= 0.3 is 0 Å². The van der Waals surface area contributed by atoms with Gasteiger partial charge in [0.25, 0.3) is 0 Å². The molecule has 8 nitrogen and oxygen atoms in total. The second-order valence-corrected chi connectivity index (χ2v) is 11.8. The van der Waals surface area contributed by atoms with E-state index in [1.165, 1.54) is 6.20 Å². The molecule has 1 unspecified atom stereocenters. The molecule has 182 valence electrons. The summed E-state index contributed by atoms with van der Waals surface area (Å²) in [5, 5.41) is 4.05. The first-order chi connectivity index (χ1) is 16.5. The molecule has 0 radical (unpaired) electrons. The van der Waals surface area contributed by atoms with Crippen LogP contribution in [-0.4, -0.2) is 62.3 Å². The predicted molar refractivity (Wildman–Crippen MR) is 131 cm³/mol. The Kier molecular flexibility index (Phi) is 7.10. The van der Waals surface area contributed by atoms with E-state index in [1.807, 2.05) is 35.2 Å². The van der Waals surface area contributed by atoms with Crippen LogP contribution < -0.4 is 10.0 Å². The Morgan fingerprint density at radius 3 is 2.76 bits per heavy atom.